The van der Waals surface area contributed by atoms with Crippen LogP contribution >= 0.6 is 24.0 Å². The molecule has 1 fully saturated rings. The summed E-state index contributed by atoms with van der Waals surface area (Å²) < 4.78 is 18.3. The van der Waals surface area contributed by atoms with Crippen LogP contribution in [0.4, 0.5) is 0 Å². The fourth-order valence-electron chi connectivity index (χ4n) is 3.62. The second-order valence-electron chi connectivity index (χ2n) is 7.33. The average Bonchev–Trinajstić information content (AvgIpc) is 3.21. The summed E-state index contributed by atoms with van der Waals surface area (Å²) in [4.78, 5) is 9.47. The molecule has 0 unspecified atom stereocenters. The first kappa shape index (κ1) is 26.0. The van der Waals surface area contributed by atoms with E-state index in [0.717, 1.165) is 56.6 Å². The maximum atomic E-state index is 5.48. The smallest absolute Gasteiger partial charge is 0.203 e. The van der Waals surface area contributed by atoms with Crippen LogP contribution in [0, 0.1) is 0 Å². The van der Waals surface area contributed by atoms with Crippen molar-refractivity contribution in [2.24, 2.45) is 12.0 Å². The number of methoxy groups -OCH3 is 3. The Labute approximate surface area is 207 Å². The van der Waals surface area contributed by atoms with Gasteiger partial charge in [-0.1, -0.05) is 0 Å². The standard InChI is InChI=1S/C21H33N7O3.HI/c1-6-22-21(23-13-19-25-24-15-26(19)2)28-9-7-27(8-10-28)14-16-11-17(29-3)20(31-5)18(12-16)30-4;/h11-12,15H,6-10,13-14H2,1-5H3,(H,22,23);1H. The summed E-state index contributed by atoms with van der Waals surface area (Å²) in [6.45, 7) is 7.89. The normalized spacial score (nSPS) is 14.7. The second-order valence-corrected chi connectivity index (χ2v) is 7.33. The van der Waals surface area contributed by atoms with Crippen LogP contribution in [-0.4, -0.2) is 84.6 Å². The number of nitrogens with one attached hydrogen (secondary N) is 1. The maximum Gasteiger partial charge on any atom is 0.203 e. The van der Waals surface area contributed by atoms with E-state index in [9.17, 15) is 0 Å². The molecule has 32 heavy (non-hydrogen) atoms. The summed E-state index contributed by atoms with van der Waals surface area (Å²) in [5, 5.41) is 11.4. The van der Waals surface area contributed by atoms with E-state index in [-0.39, 0.29) is 24.0 Å². The number of piperazine rings is 1. The van der Waals surface area contributed by atoms with E-state index in [1.807, 2.05) is 23.7 Å². The van der Waals surface area contributed by atoms with Crippen molar-refractivity contribution in [1.29, 1.82) is 0 Å². The number of hydrogen-bond donors (Lipinski definition) is 1. The lowest BCUT2D eigenvalue weighted by molar-refractivity contribution is 0.172. The van der Waals surface area contributed by atoms with E-state index in [1.165, 1.54) is 0 Å². The first-order chi connectivity index (χ1) is 15.1. The molecule has 0 amide bonds. The Balaban J connectivity index is 0.00000363. The minimum atomic E-state index is 0. The Hall–Kier alpha value is -2.28. The number of guanidine groups is 1. The highest BCUT2D eigenvalue weighted by molar-refractivity contribution is 14.0. The lowest BCUT2D eigenvalue weighted by atomic mass is 10.1. The number of rotatable bonds is 8. The quantitative estimate of drug-likeness (QED) is 0.298. The molecule has 2 heterocycles. The van der Waals surface area contributed by atoms with Crippen LogP contribution < -0.4 is 19.5 Å². The molecule has 1 aliphatic rings. The van der Waals surface area contributed by atoms with Gasteiger partial charge in [0.25, 0.3) is 0 Å². The summed E-state index contributed by atoms with van der Waals surface area (Å²) in [5.41, 5.74) is 1.13. The van der Waals surface area contributed by atoms with Gasteiger partial charge in [-0.25, -0.2) is 4.99 Å². The van der Waals surface area contributed by atoms with E-state index in [1.54, 1.807) is 27.7 Å². The van der Waals surface area contributed by atoms with Crippen molar-refractivity contribution in [2.45, 2.75) is 20.0 Å². The third kappa shape index (κ3) is 6.37. The van der Waals surface area contributed by atoms with Crippen LogP contribution in [0.15, 0.2) is 23.5 Å². The van der Waals surface area contributed by atoms with E-state index < -0.39 is 0 Å². The number of hydrogen-bond acceptors (Lipinski definition) is 7. The third-order valence-corrected chi connectivity index (χ3v) is 5.31. The van der Waals surface area contributed by atoms with Gasteiger partial charge in [-0.15, -0.1) is 34.2 Å². The Morgan fingerprint density at radius 3 is 2.22 bits per heavy atom. The van der Waals surface area contributed by atoms with Crippen molar-refractivity contribution in [1.82, 2.24) is 29.9 Å². The van der Waals surface area contributed by atoms with Gasteiger partial charge >= 0.3 is 0 Å². The van der Waals surface area contributed by atoms with Gasteiger partial charge in [0.1, 0.15) is 12.9 Å². The molecule has 0 aliphatic carbocycles. The molecule has 0 bridgehead atoms. The zero-order chi connectivity index (χ0) is 22.2. The van der Waals surface area contributed by atoms with Crippen molar-refractivity contribution < 1.29 is 14.2 Å². The van der Waals surface area contributed by atoms with Crippen molar-refractivity contribution >= 4 is 29.9 Å². The summed E-state index contributed by atoms with van der Waals surface area (Å²) in [6.07, 6.45) is 1.69. The molecule has 0 saturated carbocycles. The largest absolute Gasteiger partial charge is 0.493 e. The molecule has 0 radical (unpaired) electrons. The molecule has 1 saturated heterocycles. The molecule has 1 aromatic heterocycles. The van der Waals surface area contributed by atoms with Gasteiger partial charge < -0.3 is 29.0 Å². The first-order valence-corrected chi connectivity index (χ1v) is 10.5. The number of aliphatic imine (C=N–C) groups is 1. The summed E-state index contributed by atoms with van der Waals surface area (Å²) in [5.74, 6) is 3.74. The molecule has 0 atom stereocenters. The number of halogens is 1. The molecule has 2 aromatic rings. The van der Waals surface area contributed by atoms with Crippen LogP contribution in [-0.2, 0) is 20.1 Å². The van der Waals surface area contributed by atoms with Gasteiger partial charge in [-0.05, 0) is 24.6 Å². The molecule has 0 spiro atoms. The Bertz CT molecular complexity index is 857. The average molecular weight is 559 g/mol. The molecular formula is C21H34IN7O3. The van der Waals surface area contributed by atoms with E-state index in [0.29, 0.717) is 23.8 Å². The van der Waals surface area contributed by atoms with Crippen LogP contribution in [0.25, 0.3) is 0 Å². The SMILES string of the molecule is CCNC(=NCc1nncn1C)N1CCN(Cc2cc(OC)c(OC)c(OC)c2)CC1.I. The summed E-state index contributed by atoms with van der Waals surface area (Å²) >= 11 is 0. The molecular weight excluding hydrogens is 525 g/mol. The predicted molar refractivity (Wildman–Crippen MR) is 134 cm³/mol. The Kier molecular flexibility index (Phi) is 10.3. The predicted octanol–water partition coefficient (Wildman–Crippen LogP) is 1.74. The number of benzene rings is 1. The van der Waals surface area contributed by atoms with Crippen molar-refractivity contribution in [3.63, 3.8) is 0 Å². The molecule has 1 aromatic carbocycles. The van der Waals surface area contributed by atoms with Crippen LogP contribution in [0.3, 0.4) is 0 Å². The molecule has 10 nitrogen and oxygen atoms in total. The van der Waals surface area contributed by atoms with Gasteiger partial charge in [0, 0.05) is 46.3 Å². The lowest BCUT2D eigenvalue weighted by Crippen LogP contribution is -2.52. The highest BCUT2D eigenvalue weighted by Gasteiger charge is 2.21. The van der Waals surface area contributed by atoms with Crippen molar-refractivity contribution in [3.8, 4) is 17.2 Å². The summed E-state index contributed by atoms with van der Waals surface area (Å²) in [6, 6.07) is 4.03. The molecule has 3 rings (SSSR count). The number of aromatic nitrogens is 3. The molecule has 1 aliphatic heterocycles. The Morgan fingerprint density at radius 1 is 1.06 bits per heavy atom. The van der Waals surface area contributed by atoms with Gasteiger partial charge in [0.05, 0.1) is 21.3 Å². The van der Waals surface area contributed by atoms with Gasteiger partial charge in [-0.2, -0.15) is 0 Å². The highest BCUT2D eigenvalue weighted by Crippen LogP contribution is 2.38. The topological polar surface area (TPSA) is 89.3 Å². The number of ether oxygens (including phenoxy) is 3. The summed E-state index contributed by atoms with van der Waals surface area (Å²) in [7, 11) is 6.83. The van der Waals surface area contributed by atoms with Gasteiger partial charge in [-0.3, -0.25) is 4.90 Å². The molecule has 11 heteroatoms. The maximum absolute atomic E-state index is 5.48. The van der Waals surface area contributed by atoms with Gasteiger partial charge in [0.15, 0.2) is 23.3 Å². The van der Waals surface area contributed by atoms with Gasteiger partial charge in [0.2, 0.25) is 5.75 Å². The van der Waals surface area contributed by atoms with Crippen molar-refractivity contribution in [3.05, 3.63) is 29.8 Å². The molecule has 1 N–H and O–H groups in total. The first-order valence-electron chi connectivity index (χ1n) is 10.5. The molecule has 178 valence electrons. The zero-order valence-electron chi connectivity index (χ0n) is 19.5. The second kappa shape index (κ2) is 12.7. The fraction of sp³-hybridized carbons (Fsp3) is 0.571. The lowest BCUT2D eigenvalue weighted by Gasteiger charge is -2.36. The minimum absolute atomic E-state index is 0. The van der Waals surface area contributed by atoms with E-state index in [2.05, 4.69) is 32.2 Å². The van der Waals surface area contributed by atoms with Crippen LogP contribution in [0.2, 0.25) is 0 Å². The highest BCUT2D eigenvalue weighted by atomic mass is 127. The fourth-order valence-corrected chi connectivity index (χ4v) is 3.62. The number of aryl methyl sites for hydroxylation is 1. The third-order valence-electron chi connectivity index (χ3n) is 5.31. The monoisotopic (exact) mass is 559 g/mol. The van der Waals surface area contributed by atoms with E-state index >= 15 is 0 Å². The Morgan fingerprint density at radius 2 is 1.72 bits per heavy atom. The van der Waals surface area contributed by atoms with Crippen LogP contribution in [0.1, 0.15) is 18.3 Å². The zero-order valence-corrected chi connectivity index (χ0v) is 21.8. The van der Waals surface area contributed by atoms with Crippen molar-refractivity contribution in [2.75, 3.05) is 54.1 Å². The van der Waals surface area contributed by atoms with Crippen LogP contribution in [0.5, 0.6) is 17.2 Å². The van der Waals surface area contributed by atoms with E-state index in [4.69, 9.17) is 19.2 Å². The number of nitrogens with zero attached hydrogens (tertiary/aromatic N) is 6. The minimum Gasteiger partial charge on any atom is -0.493 e.